The Kier molecular flexibility index (Phi) is 7.56. The maximum Gasteiger partial charge on any atom is 0.269 e. The summed E-state index contributed by atoms with van der Waals surface area (Å²) >= 11 is 0. The van der Waals surface area contributed by atoms with Crippen molar-refractivity contribution in [2.24, 2.45) is 0 Å². The van der Waals surface area contributed by atoms with E-state index in [1.165, 1.54) is 36.8 Å². The van der Waals surface area contributed by atoms with E-state index in [-0.39, 0.29) is 22.0 Å². The van der Waals surface area contributed by atoms with Crippen molar-refractivity contribution in [3.8, 4) is 22.5 Å². The van der Waals surface area contributed by atoms with E-state index in [2.05, 4.69) is 19.9 Å². The van der Waals surface area contributed by atoms with Crippen LogP contribution in [0.5, 0.6) is 0 Å². The molecule has 0 amide bonds. The number of aromatic nitrogens is 4. The molecule has 0 unspecified atom stereocenters. The molecule has 0 aliphatic rings. The van der Waals surface area contributed by atoms with Crippen molar-refractivity contribution in [1.82, 2.24) is 23.8 Å². The third-order valence-electron chi connectivity index (χ3n) is 6.97. The number of aromatic amines is 2. The van der Waals surface area contributed by atoms with Gasteiger partial charge in [0.15, 0.2) is 0 Å². The largest absolute Gasteiger partial charge is 0.367 e. The Hall–Kier alpha value is -4.80. The molecule has 0 saturated heterocycles. The standard InChI is InChI=1S/C32H27F2N5O2S/c33-29-9-3-1-7-27(29)31-14-24(17-37-31)20-38(19-23-11-13-36-16-23)21-25-15-32(28-8-2-4-10-30(28)34)39(22-25)42(40,41)26-6-5-12-35-18-26/h1-18,22,36-37H,19-21H2. The fraction of sp³-hybridized carbons (Fsp3) is 0.0938. The molecule has 0 atom stereocenters. The van der Waals surface area contributed by atoms with E-state index in [9.17, 15) is 17.2 Å². The zero-order chi connectivity index (χ0) is 29.1. The molecule has 0 radical (unpaired) electrons. The van der Waals surface area contributed by atoms with E-state index < -0.39 is 15.8 Å². The first-order chi connectivity index (χ1) is 20.4. The maximum atomic E-state index is 15.0. The lowest BCUT2D eigenvalue weighted by atomic mass is 10.1. The molecule has 2 aromatic carbocycles. The zero-order valence-corrected chi connectivity index (χ0v) is 23.2. The second-order valence-corrected chi connectivity index (χ2v) is 11.8. The normalized spacial score (nSPS) is 11.8. The van der Waals surface area contributed by atoms with Crippen LogP contribution in [0.2, 0.25) is 0 Å². The van der Waals surface area contributed by atoms with Crippen LogP contribution in [-0.4, -0.2) is 32.2 Å². The van der Waals surface area contributed by atoms with Crippen LogP contribution in [0, 0.1) is 11.6 Å². The maximum absolute atomic E-state index is 15.0. The molecular weight excluding hydrogens is 556 g/mol. The van der Waals surface area contributed by atoms with Crippen LogP contribution in [0.3, 0.4) is 0 Å². The Morgan fingerprint density at radius 3 is 2.19 bits per heavy atom. The molecule has 0 aliphatic carbocycles. The van der Waals surface area contributed by atoms with E-state index in [0.717, 1.165) is 15.1 Å². The van der Waals surface area contributed by atoms with Gasteiger partial charge in [-0.3, -0.25) is 9.88 Å². The topological polar surface area (TPSA) is 86.8 Å². The molecule has 0 spiro atoms. The number of pyridine rings is 1. The lowest BCUT2D eigenvalue weighted by Gasteiger charge is -2.21. The number of nitrogens with one attached hydrogen (secondary N) is 2. The number of rotatable bonds is 10. The highest BCUT2D eigenvalue weighted by Crippen LogP contribution is 2.30. The smallest absolute Gasteiger partial charge is 0.269 e. The third kappa shape index (κ3) is 5.67. The summed E-state index contributed by atoms with van der Waals surface area (Å²) in [5.74, 6) is -0.839. The predicted molar refractivity (Wildman–Crippen MR) is 157 cm³/mol. The minimum Gasteiger partial charge on any atom is -0.367 e. The van der Waals surface area contributed by atoms with Crippen LogP contribution < -0.4 is 0 Å². The van der Waals surface area contributed by atoms with Gasteiger partial charge in [0.2, 0.25) is 0 Å². The van der Waals surface area contributed by atoms with Crippen LogP contribution in [0.25, 0.3) is 22.5 Å². The van der Waals surface area contributed by atoms with Crippen molar-refractivity contribution in [2.75, 3.05) is 0 Å². The van der Waals surface area contributed by atoms with Crippen LogP contribution in [0.4, 0.5) is 8.78 Å². The molecule has 7 nitrogen and oxygen atoms in total. The molecule has 42 heavy (non-hydrogen) atoms. The Balaban J connectivity index is 1.36. The fourth-order valence-electron chi connectivity index (χ4n) is 5.03. The minimum atomic E-state index is -4.07. The molecule has 4 heterocycles. The average molecular weight is 584 g/mol. The quantitative estimate of drug-likeness (QED) is 0.191. The monoisotopic (exact) mass is 583 g/mol. The second kappa shape index (κ2) is 11.6. The Morgan fingerprint density at radius 1 is 0.786 bits per heavy atom. The number of halogens is 2. The zero-order valence-electron chi connectivity index (χ0n) is 22.4. The summed E-state index contributed by atoms with van der Waals surface area (Å²) in [7, 11) is -4.07. The summed E-state index contributed by atoms with van der Waals surface area (Å²) in [6.07, 6.45) is 9.89. The van der Waals surface area contributed by atoms with Crippen LogP contribution >= 0.6 is 0 Å². The molecule has 0 fully saturated rings. The van der Waals surface area contributed by atoms with E-state index in [4.69, 9.17) is 0 Å². The van der Waals surface area contributed by atoms with E-state index in [0.29, 0.717) is 36.5 Å². The predicted octanol–water partition coefficient (Wildman–Crippen LogP) is 6.59. The number of hydrogen-bond acceptors (Lipinski definition) is 4. The van der Waals surface area contributed by atoms with Crippen LogP contribution in [-0.2, 0) is 29.7 Å². The molecule has 0 saturated carbocycles. The summed E-state index contributed by atoms with van der Waals surface area (Å²) in [5.41, 5.74) is 4.19. The van der Waals surface area contributed by atoms with Gasteiger partial charge in [-0.1, -0.05) is 24.3 Å². The summed E-state index contributed by atoms with van der Waals surface area (Å²) in [6.45, 7) is 1.41. The van der Waals surface area contributed by atoms with Crippen molar-refractivity contribution in [3.63, 3.8) is 0 Å². The second-order valence-electron chi connectivity index (χ2n) is 9.97. The van der Waals surface area contributed by atoms with Gasteiger partial charge in [-0.05, 0) is 71.3 Å². The Bertz CT molecular complexity index is 1920. The lowest BCUT2D eigenvalue weighted by Crippen LogP contribution is -2.22. The molecule has 2 N–H and O–H groups in total. The molecule has 10 heteroatoms. The Morgan fingerprint density at radius 2 is 1.50 bits per heavy atom. The highest BCUT2D eigenvalue weighted by Gasteiger charge is 2.24. The number of H-pyrrole nitrogens is 2. The van der Waals surface area contributed by atoms with Gasteiger partial charge in [0.25, 0.3) is 10.0 Å². The van der Waals surface area contributed by atoms with Crippen molar-refractivity contribution in [2.45, 2.75) is 24.5 Å². The fourth-order valence-corrected chi connectivity index (χ4v) is 6.38. The number of benzene rings is 2. The van der Waals surface area contributed by atoms with Gasteiger partial charge in [-0.15, -0.1) is 0 Å². The molecule has 212 valence electrons. The molecular formula is C32H27F2N5O2S. The first kappa shape index (κ1) is 27.4. The van der Waals surface area contributed by atoms with Gasteiger partial charge in [0.05, 0.1) is 5.69 Å². The molecule has 0 aliphatic heterocycles. The Labute approximate surface area is 242 Å². The molecule has 6 rings (SSSR count). The summed E-state index contributed by atoms with van der Waals surface area (Å²) in [6, 6.07) is 21.3. The van der Waals surface area contributed by atoms with Crippen molar-refractivity contribution < 1.29 is 17.2 Å². The van der Waals surface area contributed by atoms with Gasteiger partial charge >= 0.3 is 0 Å². The first-order valence-corrected chi connectivity index (χ1v) is 14.7. The van der Waals surface area contributed by atoms with E-state index in [1.807, 2.05) is 30.7 Å². The minimum absolute atomic E-state index is 0.00177. The number of hydrogen-bond donors (Lipinski definition) is 2. The third-order valence-corrected chi connectivity index (χ3v) is 8.63. The van der Waals surface area contributed by atoms with E-state index in [1.54, 1.807) is 48.5 Å². The SMILES string of the molecule is O=S(=O)(c1cccnc1)n1cc(CN(Cc2cc[nH]c2)Cc2c[nH]c(-c3ccccc3F)c2)cc1-c1ccccc1F. The first-order valence-electron chi connectivity index (χ1n) is 13.3. The summed E-state index contributed by atoms with van der Waals surface area (Å²) < 4.78 is 57.9. The highest BCUT2D eigenvalue weighted by molar-refractivity contribution is 7.90. The van der Waals surface area contributed by atoms with Gasteiger partial charge in [-0.25, -0.2) is 21.2 Å². The van der Waals surface area contributed by atoms with E-state index >= 15 is 0 Å². The molecule has 0 bridgehead atoms. The van der Waals surface area contributed by atoms with Crippen LogP contribution in [0.15, 0.2) is 121 Å². The van der Waals surface area contributed by atoms with Crippen molar-refractivity contribution in [1.29, 1.82) is 0 Å². The van der Waals surface area contributed by atoms with Crippen molar-refractivity contribution in [3.05, 3.63) is 144 Å². The summed E-state index contributed by atoms with van der Waals surface area (Å²) in [5, 5.41) is 0. The highest BCUT2D eigenvalue weighted by atomic mass is 32.2. The summed E-state index contributed by atoms with van der Waals surface area (Å²) in [4.78, 5) is 12.3. The van der Waals surface area contributed by atoms with Gasteiger partial charge in [0, 0.05) is 73.6 Å². The van der Waals surface area contributed by atoms with Gasteiger partial charge in [-0.2, -0.15) is 0 Å². The van der Waals surface area contributed by atoms with Crippen LogP contribution in [0.1, 0.15) is 16.7 Å². The van der Waals surface area contributed by atoms with Gasteiger partial charge in [0.1, 0.15) is 16.5 Å². The van der Waals surface area contributed by atoms with Crippen molar-refractivity contribution >= 4 is 10.0 Å². The van der Waals surface area contributed by atoms with Gasteiger partial charge < -0.3 is 9.97 Å². The lowest BCUT2D eigenvalue weighted by molar-refractivity contribution is 0.248. The molecule has 4 aromatic heterocycles. The average Bonchev–Trinajstić information content (AvgIpc) is 3.76. The molecule has 6 aromatic rings. The number of nitrogens with zero attached hydrogens (tertiary/aromatic N) is 3.